The van der Waals surface area contributed by atoms with E-state index in [0.717, 1.165) is 10.2 Å². The van der Waals surface area contributed by atoms with Crippen LogP contribution >= 0.6 is 27.3 Å². The van der Waals surface area contributed by atoms with Gasteiger partial charge in [-0.05, 0) is 47.3 Å². The number of hydrogen-bond donors (Lipinski definition) is 2. The van der Waals surface area contributed by atoms with Gasteiger partial charge in [0.1, 0.15) is 6.04 Å². The third kappa shape index (κ3) is 5.70. The maximum absolute atomic E-state index is 12.3. The smallest absolute Gasteiger partial charge is 0.262 e. The van der Waals surface area contributed by atoms with Crippen molar-refractivity contribution in [2.75, 3.05) is 13.6 Å². The Kier molecular flexibility index (Phi) is 7.52. The predicted octanol–water partition coefficient (Wildman–Crippen LogP) is 2.46. The van der Waals surface area contributed by atoms with Crippen LogP contribution in [0.25, 0.3) is 0 Å². The van der Waals surface area contributed by atoms with Crippen LogP contribution in [0.3, 0.4) is 0 Å². The van der Waals surface area contributed by atoms with Crippen molar-refractivity contribution in [2.24, 2.45) is 11.7 Å². The fraction of sp³-hybridized carbons (Fsp3) is 0.600. The number of carbonyl (C=O) groups excluding carboxylic acids is 2. The molecule has 1 aromatic rings. The summed E-state index contributed by atoms with van der Waals surface area (Å²) in [5.74, 6) is 0.0432. The van der Waals surface area contributed by atoms with Gasteiger partial charge < -0.3 is 16.0 Å². The van der Waals surface area contributed by atoms with E-state index in [1.807, 2.05) is 6.07 Å². The lowest BCUT2D eigenvalue weighted by molar-refractivity contribution is -0.131. The first-order chi connectivity index (χ1) is 10.2. The monoisotopic (exact) mass is 389 g/mol. The average molecular weight is 390 g/mol. The van der Waals surface area contributed by atoms with Gasteiger partial charge in [0.2, 0.25) is 5.91 Å². The van der Waals surface area contributed by atoms with Gasteiger partial charge in [-0.3, -0.25) is 9.59 Å². The van der Waals surface area contributed by atoms with Gasteiger partial charge in [-0.2, -0.15) is 0 Å². The first kappa shape index (κ1) is 19.1. The molecule has 0 spiro atoms. The first-order valence-electron chi connectivity index (χ1n) is 7.29. The molecule has 22 heavy (non-hydrogen) atoms. The Morgan fingerprint density at radius 2 is 2.00 bits per heavy atom. The van der Waals surface area contributed by atoms with Gasteiger partial charge in [0, 0.05) is 19.6 Å². The third-order valence-corrected chi connectivity index (χ3v) is 5.17. The molecule has 2 atom stereocenters. The summed E-state index contributed by atoms with van der Waals surface area (Å²) in [7, 11) is 1.74. The Balaban J connectivity index is 2.48. The number of hydrogen-bond acceptors (Lipinski definition) is 4. The SMILES string of the molecule is CC(NC(=O)c1ccc(Br)s1)C(=O)N(C)CCC(N)C(C)C. The Hall–Kier alpha value is -0.920. The summed E-state index contributed by atoms with van der Waals surface area (Å²) in [5, 5.41) is 2.73. The molecular weight excluding hydrogens is 366 g/mol. The second-order valence-electron chi connectivity index (χ2n) is 5.76. The average Bonchev–Trinajstić information content (AvgIpc) is 2.89. The van der Waals surface area contributed by atoms with E-state index in [1.54, 1.807) is 24.9 Å². The lowest BCUT2D eigenvalue weighted by Gasteiger charge is -2.24. The third-order valence-electron chi connectivity index (χ3n) is 3.55. The molecule has 3 N–H and O–H groups in total. The van der Waals surface area contributed by atoms with Crippen LogP contribution in [-0.2, 0) is 4.79 Å². The largest absolute Gasteiger partial charge is 0.344 e. The molecule has 0 aliphatic rings. The molecule has 0 aliphatic heterocycles. The highest BCUT2D eigenvalue weighted by Crippen LogP contribution is 2.21. The standard InChI is InChI=1S/C15H24BrN3O2S/c1-9(2)11(17)7-8-19(4)15(21)10(3)18-14(20)12-5-6-13(16)22-12/h5-6,9-11H,7-8,17H2,1-4H3,(H,18,20). The molecule has 5 nitrogen and oxygen atoms in total. The van der Waals surface area contributed by atoms with Gasteiger partial charge >= 0.3 is 0 Å². The van der Waals surface area contributed by atoms with Crippen LogP contribution in [0.2, 0.25) is 0 Å². The van der Waals surface area contributed by atoms with Crippen molar-refractivity contribution in [3.8, 4) is 0 Å². The highest BCUT2D eigenvalue weighted by atomic mass is 79.9. The van der Waals surface area contributed by atoms with Crippen LogP contribution in [0.4, 0.5) is 0 Å². The highest BCUT2D eigenvalue weighted by Gasteiger charge is 2.21. The Labute approximate surface area is 144 Å². The summed E-state index contributed by atoms with van der Waals surface area (Å²) in [6.45, 7) is 6.41. The molecule has 7 heteroatoms. The topological polar surface area (TPSA) is 75.4 Å². The Bertz CT molecular complexity index is 519. The van der Waals surface area contributed by atoms with Crippen LogP contribution < -0.4 is 11.1 Å². The zero-order chi connectivity index (χ0) is 16.9. The molecule has 0 fully saturated rings. The minimum atomic E-state index is -0.561. The van der Waals surface area contributed by atoms with E-state index in [2.05, 4.69) is 35.1 Å². The Morgan fingerprint density at radius 1 is 1.36 bits per heavy atom. The number of thiophene rings is 1. The van der Waals surface area contributed by atoms with Crippen molar-refractivity contribution in [2.45, 2.75) is 39.3 Å². The molecule has 0 aliphatic carbocycles. The van der Waals surface area contributed by atoms with Gasteiger partial charge in [-0.1, -0.05) is 13.8 Å². The molecule has 124 valence electrons. The van der Waals surface area contributed by atoms with Gasteiger partial charge in [0.25, 0.3) is 5.91 Å². The zero-order valence-electron chi connectivity index (χ0n) is 13.4. The summed E-state index contributed by atoms with van der Waals surface area (Å²) in [5.41, 5.74) is 5.99. The van der Waals surface area contributed by atoms with Gasteiger partial charge in [-0.15, -0.1) is 11.3 Å². The fourth-order valence-electron chi connectivity index (χ4n) is 1.88. The minimum Gasteiger partial charge on any atom is -0.344 e. The van der Waals surface area contributed by atoms with Crippen molar-refractivity contribution in [1.82, 2.24) is 10.2 Å². The molecule has 2 unspecified atom stereocenters. The normalized spacial score (nSPS) is 13.8. The number of nitrogens with one attached hydrogen (secondary N) is 1. The summed E-state index contributed by atoms with van der Waals surface area (Å²) in [6, 6.07) is 3.05. The highest BCUT2D eigenvalue weighted by molar-refractivity contribution is 9.11. The molecule has 1 rings (SSSR count). The van der Waals surface area contributed by atoms with E-state index >= 15 is 0 Å². The number of nitrogens with two attached hydrogens (primary N) is 1. The quantitative estimate of drug-likeness (QED) is 0.751. The summed E-state index contributed by atoms with van der Waals surface area (Å²) in [4.78, 5) is 26.5. The number of rotatable bonds is 7. The van der Waals surface area contributed by atoms with Gasteiger partial charge in [0.05, 0.1) is 8.66 Å². The van der Waals surface area contributed by atoms with Crippen LogP contribution in [0.1, 0.15) is 36.9 Å². The first-order valence-corrected chi connectivity index (χ1v) is 8.90. The van der Waals surface area contributed by atoms with E-state index in [-0.39, 0.29) is 17.9 Å². The van der Waals surface area contributed by atoms with Crippen molar-refractivity contribution < 1.29 is 9.59 Å². The van der Waals surface area contributed by atoms with Crippen molar-refractivity contribution in [1.29, 1.82) is 0 Å². The van der Waals surface area contributed by atoms with Crippen LogP contribution in [0.15, 0.2) is 15.9 Å². The second-order valence-corrected chi connectivity index (χ2v) is 8.22. The molecule has 0 saturated heterocycles. The second kappa shape index (κ2) is 8.64. The van der Waals surface area contributed by atoms with Crippen molar-refractivity contribution in [3.05, 3.63) is 20.8 Å². The summed E-state index contributed by atoms with van der Waals surface area (Å²) in [6.07, 6.45) is 0.748. The van der Waals surface area contributed by atoms with Gasteiger partial charge in [-0.25, -0.2) is 0 Å². The van der Waals surface area contributed by atoms with Crippen LogP contribution in [0.5, 0.6) is 0 Å². The summed E-state index contributed by atoms with van der Waals surface area (Å²) < 4.78 is 0.886. The number of nitrogens with zero attached hydrogens (tertiary/aromatic N) is 1. The van der Waals surface area contributed by atoms with Gasteiger partial charge in [0.15, 0.2) is 0 Å². The number of halogens is 1. The minimum absolute atomic E-state index is 0.0728. The van der Waals surface area contributed by atoms with E-state index < -0.39 is 6.04 Å². The molecule has 1 aromatic heterocycles. The molecule has 2 amide bonds. The lowest BCUT2D eigenvalue weighted by atomic mass is 10.0. The van der Waals surface area contributed by atoms with Crippen molar-refractivity contribution >= 4 is 39.1 Å². The van der Waals surface area contributed by atoms with Crippen molar-refractivity contribution in [3.63, 3.8) is 0 Å². The predicted molar refractivity (Wildman–Crippen MR) is 94.0 cm³/mol. The number of likely N-dealkylation sites (N-methyl/N-ethyl adjacent to an activating group) is 1. The number of amides is 2. The van der Waals surface area contributed by atoms with E-state index in [4.69, 9.17) is 5.73 Å². The lowest BCUT2D eigenvalue weighted by Crippen LogP contribution is -2.46. The molecular formula is C15H24BrN3O2S. The van der Waals surface area contributed by atoms with E-state index in [1.165, 1.54) is 11.3 Å². The molecule has 0 saturated carbocycles. The molecule has 0 aromatic carbocycles. The molecule has 0 bridgehead atoms. The summed E-state index contributed by atoms with van der Waals surface area (Å²) >= 11 is 4.65. The molecule has 0 radical (unpaired) electrons. The Morgan fingerprint density at radius 3 is 2.50 bits per heavy atom. The van der Waals surface area contributed by atoms with E-state index in [0.29, 0.717) is 17.3 Å². The maximum atomic E-state index is 12.3. The van der Waals surface area contributed by atoms with Crippen LogP contribution in [0, 0.1) is 5.92 Å². The zero-order valence-corrected chi connectivity index (χ0v) is 15.8. The number of carbonyl (C=O) groups is 2. The van der Waals surface area contributed by atoms with E-state index in [9.17, 15) is 9.59 Å². The fourth-order valence-corrected chi connectivity index (χ4v) is 3.17. The van der Waals surface area contributed by atoms with Crippen LogP contribution in [-0.4, -0.2) is 42.4 Å². The molecule has 1 heterocycles. The maximum Gasteiger partial charge on any atom is 0.262 e.